The quantitative estimate of drug-likeness (QED) is 0.457. The van der Waals surface area contributed by atoms with E-state index in [0.717, 1.165) is 6.42 Å². The van der Waals surface area contributed by atoms with Crippen LogP contribution in [0.2, 0.25) is 0 Å². The predicted molar refractivity (Wildman–Crippen MR) is 109 cm³/mol. The lowest BCUT2D eigenvalue weighted by Gasteiger charge is -2.10. The summed E-state index contributed by atoms with van der Waals surface area (Å²) in [6.45, 7) is 4.35. The average molecular weight is 324 g/mol. The Morgan fingerprint density at radius 3 is 2.00 bits per heavy atom. The van der Waals surface area contributed by atoms with E-state index in [4.69, 9.17) is 0 Å². The molecule has 0 unspecified atom stereocenters. The van der Waals surface area contributed by atoms with Gasteiger partial charge in [-0.05, 0) is 48.1 Å². The van der Waals surface area contributed by atoms with Gasteiger partial charge >= 0.3 is 0 Å². The van der Waals surface area contributed by atoms with Crippen LogP contribution < -0.4 is 0 Å². The van der Waals surface area contributed by atoms with Crippen LogP contribution >= 0.6 is 0 Å². The zero-order chi connectivity index (χ0) is 17.5. The molecule has 0 aliphatic heterocycles. The van der Waals surface area contributed by atoms with E-state index in [1.807, 2.05) is 0 Å². The molecule has 0 aliphatic rings. The fraction of sp³-hybridized carbons (Fsp3) is 0.120. The molecule has 0 nitrogen and oxygen atoms in total. The van der Waals surface area contributed by atoms with Gasteiger partial charge in [0.25, 0.3) is 0 Å². The summed E-state index contributed by atoms with van der Waals surface area (Å²) < 4.78 is 0. The van der Waals surface area contributed by atoms with Crippen LogP contribution in [-0.2, 0) is 6.42 Å². The first kappa shape index (κ1) is 17.0. The average Bonchev–Trinajstić information content (AvgIpc) is 2.67. The SMILES string of the molecule is C/C(=C(\C=C\c1ccccc1)Cc1ccccc1)c1ccc(C)cc1. The van der Waals surface area contributed by atoms with Crippen LogP contribution in [0.4, 0.5) is 0 Å². The van der Waals surface area contributed by atoms with Gasteiger partial charge in [-0.2, -0.15) is 0 Å². The van der Waals surface area contributed by atoms with E-state index >= 15 is 0 Å². The van der Waals surface area contributed by atoms with Gasteiger partial charge in [0, 0.05) is 0 Å². The van der Waals surface area contributed by atoms with E-state index in [9.17, 15) is 0 Å². The lowest BCUT2D eigenvalue weighted by atomic mass is 9.95. The molecular weight excluding hydrogens is 300 g/mol. The molecule has 3 aromatic carbocycles. The van der Waals surface area contributed by atoms with Crippen LogP contribution in [0.25, 0.3) is 11.6 Å². The highest BCUT2D eigenvalue weighted by Crippen LogP contribution is 2.23. The summed E-state index contributed by atoms with van der Waals surface area (Å²) in [4.78, 5) is 0. The van der Waals surface area contributed by atoms with E-state index in [1.54, 1.807) is 0 Å². The molecule has 0 atom stereocenters. The molecule has 0 fully saturated rings. The van der Waals surface area contributed by atoms with Crippen molar-refractivity contribution in [3.05, 3.63) is 119 Å². The minimum absolute atomic E-state index is 0.934. The molecule has 0 N–H and O–H groups in total. The summed E-state index contributed by atoms with van der Waals surface area (Å²) in [5.41, 5.74) is 7.82. The molecule has 0 bridgehead atoms. The highest BCUT2D eigenvalue weighted by molar-refractivity contribution is 5.72. The molecule has 3 aromatic rings. The largest absolute Gasteiger partial charge is 0.0622 e. The minimum atomic E-state index is 0.934. The smallest absolute Gasteiger partial charge is 0.00229 e. The van der Waals surface area contributed by atoms with Crippen LogP contribution in [0, 0.1) is 6.92 Å². The molecule has 0 aromatic heterocycles. The Labute approximate surface area is 151 Å². The first-order valence-corrected chi connectivity index (χ1v) is 8.76. The second-order valence-electron chi connectivity index (χ2n) is 6.42. The Morgan fingerprint density at radius 1 is 0.760 bits per heavy atom. The zero-order valence-corrected chi connectivity index (χ0v) is 14.9. The third-order valence-electron chi connectivity index (χ3n) is 4.48. The number of benzene rings is 3. The Balaban J connectivity index is 1.97. The van der Waals surface area contributed by atoms with Crippen LogP contribution in [0.3, 0.4) is 0 Å². The first-order valence-electron chi connectivity index (χ1n) is 8.76. The van der Waals surface area contributed by atoms with E-state index < -0.39 is 0 Å². The molecule has 3 rings (SSSR count). The summed E-state index contributed by atoms with van der Waals surface area (Å²) in [5.74, 6) is 0. The van der Waals surface area contributed by atoms with Crippen molar-refractivity contribution in [3.8, 4) is 0 Å². The maximum Gasteiger partial charge on any atom is -0.00229 e. The number of aryl methyl sites for hydroxylation is 1. The van der Waals surface area contributed by atoms with Crippen molar-refractivity contribution in [2.24, 2.45) is 0 Å². The first-order chi connectivity index (χ1) is 12.2. The lowest BCUT2D eigenvalue weighted by molar-refractivity contribution is 1.19. The highest BCUT2D eigenvalue weighted by Gasteiger charge is 2.04. The van der Waals surface area contributed by atoms with E-state index in [0.29, 0.717) is 0 Å². The lowest BCUT2D eigenvalue weighted by Crippen LogP contribution is -1.93. The van der Waals surface area contributed by atoms with Gasteiger partial charge in [0.05, 0.1) is 0 Å². The van der Waals surface area contributed by atoms with Crippen molar-refractivity contribution < 1.29 is 0 Å². The standard InChI is InChI=1S/C25H24/c1-20-13-16-24(17-14-20)21(2)25(19-23-11-7-4-8-12-23)18-15-22-9-5-3-6-10-22/h3-18H,19H2,1-2H3/b18-15+,25-21-. The molecule has 0 amide bonds. The zero-order valence-electron chi connectivity index (χ0n) is 14.9. The predicted octanol–water partition coefficient (Wildman–Crippen LogP) is 6.72. The molecule has 0 heteroatoms. The van der Waals surface area contributed by atoms with Crippen LogP contribution in [0.15, 0.2) is 96.6 Å². The molecule has 25 heavy (non-hydrogen) atoms. The fourth-order valence-corrected chi connectivity index (χ4v) is 2.88. The van der Waals surface area contributed by atoms with Gasteiger partial charge in [0.1, 0.15) is 0 Å². The highest BCUT2D eigenvalue weighted by atomic mass is 14.1. The maximum absolute atomic E-state index is 2.26. The van der Waals surface area contributed by atoms with Crippen molar-refractivity contribution in [1.82, 2.24) is 0 Å². The molecule has 124 valence electrons. The Morgan fingerprint density at radius 2 is 1.36 bits per heavy atom. The van der Waals surface area contributed by atoms with Crippen LogP contribution in [-0.4, -0.2) is 0 Å². The molecule has 0 spiro atoms. The third-order valence-corrected chi connectivity index (χ3v) is 4.48. The summed E-state index contributed by atoms with van der Waals surface area (Å²) in [7, 11) is 0. The second kappa shape index (κ2) is 8.30. The van der Waals surface area contributed by atoms with Gasteiger partial charge in [0.2, 0.25) is 0 Å². The second-order valence-corrected chi connectivity index (χ2v) is 6.42. The van der Waals surface area contributed by atoms with Crippen LogP contribution in [0.5, 0.6) is 0 Å². The van der Waals surface area contributed by atoms with E-state index in [2.05, 4.69) is 111 Å². The Bertz CT molecular complexity index is 851. The van der Waals surface area contributed by atoms with E-state index in [1.165, 1.54) is 33.4 Å². The minimum Gasteiger partial charge on any atom is -0.0622 e. The Kier molecular flexibility index (Phi) is 5.64. The molecule has 0 radical (unpaired) electrons. The van der Waals surface area contributed by atoms with Gasteiger partial charge in [0.15, 0.2) is 0 Å². The number of hydrogen-bond donors (Lipinski definition) is 0. The molecule has 0 heterocycles. The molecule has 0 saturated carbocycles. The fourth-order valence-electron chi connectivity index (χ4n) is 2.88. The number of rotatable bonds is 5. The summed E-state index contributed by atoms with van der Waals surface area (Å²) in [6.07, 6.45) is 5.40. The van der Waals surface area contributed by atoms with Gasteiger partial charge in [-0.3, -0.25) is 0 Å². The summed E-state index contributed by atoms with van der Waals surface area (Å²) in [6, 6.07) is 29.9. The van der Waals surface area contributed by atoms with Crippen molar-refractivity contribution in [3.63, 3.8) is 0 Å². The van der Waals surface area contributed by atoms with Crippen molar-refractivity contribution in [2.45, 2.75) is 20.3 Å². The molecule has 0 aliphatic carbocycles. The van der Waals surface area contributed by atoms with Crippen molar-refractivity contribution in [2.75, 3.05) is 0 Å². The van der Waals surface area contributed by atoms with Gasteiger partial charge in [-0.15, -0.1) is 0 Å². The van der Waals surface area contributed by atoms with Gasteiger partial charge in [-0.1, -0.05) is 103 Å². The number of allylic oxidation sites excluding steroid dienone is 3. The van der Waals surface area contributed by atoms with Crippen LogP contribution in [0.1, 0.15) is 29.2 Å². The Hall–Kier alpha value is -2.86. The third kappa shape index (κ3) is 4.81. The van der Waals surface area contributed by atoms with E-state index in [-0.39, 0.29) is 0 Å². The molecule has 0 saturated heterocycles. The monoisotopic (exact) mass is 324 g/mol. The molecular formula is C25H24. The normalized spacial score (nSPS) is 12.2. The van der Waals surface area contributed by atoms with Crippen molar-refractivity contribution >= 4 is 11.6 Å². The maximum atomic E-state index is 2.26. The van der Waals surface area contributed by atoms with Gasteiger partial charge < -0.3 is 0 Å². The van der Waals surface area contributed by atoms with Gasteiger partial charge in [-0.25, -0.2) is 0 Å². The summed E-state index contributed by atoms with van der Waals surface area (Å²) >= 11 is 0. The van der Waals surface area contributed by atoms with Crippen molar-refractivity contribution in [1.29, 1.82) is 0 Å². The summed E-state index contributed by atoms with van der Waals surface area (Å²) in [5, 5.41) is 0. The number of hydrogen-bond acceptors (Lipinski definition) is 0. The topological polar surface area (TPSA) is 0 Å².